The second kappa shape index (κ2) is 4.30. The fourth-order valence-corrected chi connectivity index (χ4v) is 5.35. The summed E-state index contributed by atoms with van der Waals surface area (Å²) in [6, 6.07) is 0. The lowest BCUT2D eigenvalue weighted by atomic mass is 9.36. The molecule has 3 fully saturated rings. The van der Waals surface area contributed by atoms with Crippen LogP contribution >= 0.6 is 0 Å². The Morgan fingerprint density at radius 1 is 1.05 bits per heavy atom. The number of hydrogen-bond acceptors (Lipinski definition) is 5. The molecule has 0 aliphatic heterocycles. The molecule has 5 nitrogen and oxygen atoms in total. The Labute approximate surface area is 118 Å². The maximum Gasteiger partial charge on any atom is 0.312 e. The van der Waals surface area contributed by atoms with Gasteiger partial charge in [0.25, 0.3) is 0 Å². The second-order valence-electron chi connectivity index (χ2n) is 6.26. The monoisotopic (exact) mass is 280 g/mol. The van der Waals surface area contributed by atoms with Crippen molar-refractivity contribution in [2.45, 2.75) is 38.5 Å². The lowest BCUT2D eigenvalue weighted by Gasteiger charge is -2.63. The standard InChI is InChI=1S/C15H20O5/c1-19-12(17)14-7-3-5-9(16)11(14)15(13(18)20-2)8-4-6-10(14)15/h10-11H,3-8H2,1-2H3/t10-,11+,14-,15-/m1/s1. The number of ether oxygens (including phenoxy) is 2. The number of hydrogen-bond donors (Lipinski definition) is 0. The number of rotatable bonds is 2. The highest BCUT2D eigenvalue weighted by Gasteiger charge is 2.80. The van der Waals surface area contributed by atoms with Gasteiger partial charge in [0.2, 0.25) is 0 Å². The topological polar surface area (TPSA) is 69.7 Å². The summed E-state index contributed by atoms with van der Waals surface area (Å²) < 4.78 is 9.96. The van der Waals surface area contributed by atoms with Crippen molar-refractivity contribution in [3.8, 4) is 0 Å². The van der Waals surface area contributed by atoms with Crippen LogP contribution in [0.3, 0.4) is 0 Å². The molecule has 0 unspecified atom stereocenters. The van der Waals surface area contributed by atoms with Crippen LogP contribution in [0.2, 0.25) is 0 Å². The Morgan fingerprint density at radius 2 is 1.60 bits per heavy atom. The van der Waals surface area contributed by atoms with Crippen LogP contribution in [0.15, 0.2) is 0 Å². The van der Waals surface area contributed by atoms with E-state index in [9.17, 15) is 14.4 Å². The van der Waals surface area contributed by atoms with E-state index in [1.807, 2.05) is 0 Å². The summed E-state index contributed by atoms with van der Waals surface area (Å²) in [6.45, 7) is 0. The predicted octanol–water partition coefficient (Wildman–Crippen LogP) is 1.49. The van der Waals surface area contributed by atoms with Crippen molar-refractivity contribution >= 4 is 17.7 Å². The maximum atomic E-state index is 12.4. The van der Waals surface area contributed by atoms with Crippen LogP contribution in [0.4, 0.5) is 0 Å². The average molecular weight is 280 g/mol. The van der Waals surface area contributed by atoms with Crippen molar-refractivity contribution in [2.24, 2.45) is 22.7 Å². The molecule has 0 aromatic carbocycles. The van der Waals surface area contributed by atoms with Gasteiger partial charge in [-0.15, -0.1) is 0 Å². The van der Waals surface area contributed by atoms with Crippen molar-refractivity contribution in [2.75, 3.05) is 14.2 Å². The average Bonchev–Trinajstić information content (AvgIpc) is 2.83. The van der Waals surface area contributed by atoms with Gasteiger partial charge in [0, 0.05) is 6.42 Å². The van der Waals surface area contributed by atoms with Gasteiger partial charge in [-0.1, -0.05) is 6.42 Å². The molecule has 0 amide bonds. The maximum absolute atomic E-state index is 12.4. The zero-order valence-corrected chi connectivity index (χ0v) is 11.9. The van der Waals surface area contributed by atoms with Gasteiger partial charge < -0.3 is 9.47 Å². The van der Waals surface area contributed by atoms with E-state index in [1.165, 1.54) is 14.2 Å². The van der Waals surface area contributed by atoms with Crippen LogP contribution < -0.4 is 0 Å². The van der Waals surface area contributed by atoms with E-state index in [1.54, 1.807) is 0 Å². The summed E-state index contributed by atoms with van der Waals surface area (Å²) in [7, 11) is 2.72. The Morgan fingerprint density at radius 3 is 2.15 bits per heavy atom. The van der Waals surface area contributed by atoms with E-state index in [2.05, 4.69) is 0 Å². The van der Waals surface area contributed by atoms with Crippen LogP contribution in [0.25, 0.3) is 0 Å². The van der Waals surface area contributed by atoms with Crippen LogP contribution in [-0.2, 0) is 23.9 Å². The third-order valence-electron chi connectivity index (χ3n) is 5.82. The smallest absolute Gasteiger partial charge is 0.312 e. The summed E-state index contributed by atoms with van der Waals surface area (Å²) >= 11 is 0. The molecule has 3 aliphatic carbocycles. The van der Waals surface area contributed by atoms with Gasteiger partial charge in [-0.05, 0) is 31.6 Å². The highest BCUT2D eigenvalue weighted by molar-refractivity contribution is 6.00. The fourth-order valence-electron chi connectivity index (χ4n) is 5.35. The van der Waals surface area contributed by atoms with Crippen molar-refractivity contribution in [3.05, 3.63) is 0 Å². The van der Waals surface area contributed by atoms with E-state index in [0.717, 1.165) is 12.8 Å². The summed E-state index contributed by atoms with van der Waals surface area (Å²) in [5.74, 6) is -1.23. The van der Waals surface area contributed by atoms with Crippen molar-refractivity contribution < 1.29 is 23.9 Å². The molecule has 3 rings (SSSR count). The number of Topliss-reactive ketones (excluding diaryl/α,β-unsaturated/α-hetero) is 1. The van der Waals surface area contributed by atoms with E-state index in [0.29, 0.717) is 25.7 Å². The van der Waals surface area contributed by atoms with E-state index >= 15 is 0 Å². The molecule has 0 spiro atoms. The van der Waals surface area contributed by atoms with Gasteiger partial charge >= 0.3 is 11.9 Å². The van der Waals surface area contributed by atoms with Gasteiger partial charge in [0.15, 0.2) is 0 Å². The SMILES string of the molecule is COC(=O)[C@@]12CCCC(=O)[C@@H]1[C@@]1(C(=O)OC)CCC[C@H]21. The van der Waals surface area contributed by atoms with Crippen molar-refractivity contribution in [1.29, 1.82) is 0 Å². The number of fused-ring (bicyclic) bond motifs is 4. The first-order chi connectivity index (χ1) is 9.55. The van der Waals surface area contributed by atoms with Crippen LogP contribution in [0.1, 0.15) is 38.5 Å². The lowest BCUT2D eigenvalue weighted by Crippen LogP contribution is -2.72. The van der Waals surface area contributed by atoms with E-state index in [-0.39, 0.29) is 23.6 Å². The molecule has 0 radical (unpaired) electrons. The van der Waals surface area contributed by atoms with Crippen LogP contribution in [0.5, 0.6) is 0 Å². The zero-order valence-electron chi connectivity index (χ0n) is 11.9. The van der Waals surface area contributed by atoms with Gasteiger partial charge in [-0.25, -0.2) is 0 Å². The molecule has 3 saturated carbocycles. The number of esters is 2. The highest BCUT2D eigenvalue weighted by Crippen LogP contribution is 2.74. The molecule has 0 aromatic heterocycles. The first-order valence-electron chi connectivity index (χ1n) is 7.25. The number of methoxy groups -OCH3 is 2. The van der Waals surface area contributed by atoms with Crippen molar-refractivity contribution in [1.82, 2.24) is 0 Å². The molecular formula is C15H20O5. The van der Waals surface area contributed by atoms with Gasteiger partial charge in [-0.3, -0.25) is 14.4 Å². The van der Waals surface area contributed by atoms with Crippen LogP contribution in [0, 0.1) is 22.7 Å². The summed E-state index contributed by atoms with van der Waals surface area (Å²) in [6.07, 6.45) is 4.13. The largest absolute Gasteiger partial charge is 0.469 e. The number of carbonyl (C=O) groups is 3. The fraction of sp³-hybridized carbons (Fsp3) is 0.800. The second-order valence-corrected chi connectivity index (χ2v) is 6.26. The number of ketones is 1. The molecule has 20 heavy (non-hydrogen) atoms. The molecule has 4 atom stereocenters. The van der Waals surface area contributed by atoms with Gasteiger partial charge in [-0.2, -0.15) is 0 Å². The quantitative estimate of drug-likeness (QED) is 0.717. The molecule has 0 aromatic rings. The minimum absolute atomic E-state index is 0.0326. The Bertz CT molecular complexity index is 485. The molecule has 110 valence electrons. The zero-order chi connectivity index (χ0) is 14.5. The minimum Gasteiger partial charge on any atom is -0.469 e. The molecule has 3 aliphatic rings. The van der Waals surface area contributed by atoms with Gasteiger partial charge in [0.05, 0.1) is 31.0 Å². The summed E-state index contributed by atoms with van der Waals surface area (Å²) in [5.41, 5.74) is -1.53. The van der Waals surface area contributed by atoms with Gasteiger partial charge in [0.1, 0.15) is 5.78 Å². The summed E-state index contributed by atoms with van der Waals surface area (Å²) in [5, 5.41) is 0. The molecule has 0 heterocycles. The third kappa shape index (κ3) is 1.26. The van der Waals surface area contributed by atoms with E-state index < -0.39 is 16.7 Å². The lowest BCUT2D eigenvalue weighted by molar-refractivity contribution is -0.229. The summed E-state index contributed by atoms with van der Waals surface area (Å²) in [4.78, 5) is 37.1. The van der Waals surface area contributed by atoms with Crippen molar-refractivity contribution in [3.63, 3.8) is 0 Å². The highest BCUT2D eigenvalue weighted by atomic mass is 16.5. The third-order valence-corrected chi connectivity index (χ3v) is 5.82. The molecule has 0 bridgehead atoms. The first kappa shape index (κ1) is 13.6. The first-order valence-corrected chi connectivity index (χ1v) is 7.25. The Kier molecular flexibility index (Phi) is 2.92. The number of carbonyl (C=O) groups excluding carboxylic acids is 3. The molecular weight excluding hydrogens is 260 g/mol. The minimum atomic E-state index is -0.769. The molecule has 0 N–H and O–H groups in total. The predicted molar refractivity (Wildman–Crippen MR) is 68.6 cm³/mol. The normalized spacial score (nSPS) is 42.2. The Hall–Kier alpha value is -1.39. The van der Waals surface area contributed by atoms with Crippen LogP contribution in [-0.4, -0.2) is 31.9 Å². The Balaban J connectivity index is 2.10. The molecule has 0 saturated heterocycles. The van der Waals surface area contributed by atoms with E-state index in [4.69, 9.17) is 9.47 Å². The molecule has 5 heteroatoms.